The predicted octanol–water partition coefficient (Wildman–Crippen LogP) is 5.78. The molecule has 0 unspecified atom stereocenters. The Kier molecular flexibility index (Phi) is 7.61. The summed E-state index contributed by atoms with van der Waals surface area (Å²) in [6, 6.07) is 16.6. The van der Waals surface area contributed by atoms with Gasteiger partial charge in [-0.2, -0.15) is 0 Å². The topological polar surface area (TPSA) is 32.3 Å². The largest absolute Gasteiger partial charge is 0.324 e. The van der Waals surface area contributed by atoms with E-state index < -0.39 is 0 Å². The molecular weight excluding hydrogens is 332 g/mol. The second kappa shape index (κ2) is 9.70. The van der Waals surface area contributed by atoms with E-state index in [1.807, 2.05) is 32.2 Å². The zero-order chi connectivity index (χ0) is 20.0. The molecule has 0 aliphatic carbocycles. The summed E-state index contributed by atoms with van der Waals surface area (Å²) in [6.07, 6.45) is 1.05. The van der Waals surface area contributed by atoms with Gasteiger partial charge in [-0.3, -0.25) is 9.69 Å². The summed E-state index contributed by atoms with van der Waals surface area (Å²) in [7, 11) is 2.00. The molecule has 0 aliphatic heterocycles. The van der Waals surface area contributed by atoms with E-state index >= 15 is 0 Å². The number of anilines is 1. The first-order valence-corrected chi connectivity index (χ1v) is 10.0. The van der Waals surface area contributed by atoms with Crippen LogP contribution < -0.4 is 5.32 Å². The van der Waals surface area contributed by atoms with Gasteiger partial charge in [-0.25, -0.2) is 0 Å². The Morgan fingerprint density at radius 3 is 2.22 bits per heavy atom. The van der Waals surface area contributed by atoms with E-state index in [-0.39, 0.29) is 11.9 Å². The Morgan fingerprint density at radius 1 is 1.00 bits per heavy atom. The first-order chi connectivity index (χ1) is 12.8. The number of carbonyl (C=O) groups excluding carboxylic acids is 1. The number of likely N-dealkylation sites (N-methyl/N-ethyl adjacent to an activating group) is 1. The lowest BCUT2D eigenvalue weighted by molar-refractivity contribution is -0.120. The summed E-state index contributed by atoms with van der Waals surface area (Å²) in [5.41, 5.74) is 4.70. The zero-order valence-corrected chi connectivity index (χ0v) is 17.6. The number of benzene rings is 2. The van der Waals surface area contributed by atoms with Crippen LogP contribution in [0.15, 0.2) is 48.5 Å². The van der Waals surface area contributed by atoms with Gasteiger partial charge in [0.2, 0.25) is 5.91 Å². The molecular formula is C24H34N2O. The third-order valence-electron chi connectivity index (χ3n) is 5.48. The van der Waals surface area contributed by atoms with Crippen molar-refractivity contribution in [3.8, 4) is 0 Å². The monoisotopic (exact) mass is 366 g/mol. The van der Waals surface area contributed by atoms with Gasteiger partial charge in [0.05, 0.1) is 6.04 Å². The molecule has 3 nitrogen and oxygen atoms in total. The smallest absolute Gasteiger partial charge is 0.241 e. The third kappa shape index (κ3) is 5.67. The van der Waals surface area contributed by atoms with Gasteiger partial charge in [-0.1, -0.05) is 70.2 Å². The summed E-state index contributed by atoms with van der Waals surface area (Å²) < 4.78 is 0. The van der Waals surface area contributed by atoms with Crippen LogP contribution in [0.3, 0.4) is 0 Å². The van der Waals surface area contributed by atoms with Gasteiger partial charge in [0, 0.05) is 12.2 Å². The van der Waals surface area contributed by atoms with Crippen LogP contribution in [0.2, 0.25) is 0 Å². The van der Waals surface area contributed by atoms with Crippen LogP contribution in [0.4, 0.5) is 5.69 Å². The van der Waals surface area contributed by atoms with Crippen LogP contribution in [-0.2, 0) is 11.3 Å². The third-order valence-corrected chi connectivity index (χ3v) is 5.48. The number of hydrogen-bond donors (Lipinski definition) is 1. The molecule has 0 fully saturated rings. The van der Waals surface area contributed by atoms with Gasteiger partial charge in [0.25, 0.3) is 0 Å². The molecule has 1 amide bonds. The molecule has 0 saturated carbocycles. The standard InChI is InChI=1S/C24H34N2O/c1-7-18(4)22-10-8-9-11-23(22)25-24(27)19(5)26(6)16-20-12-14-21(15-13-20)17(2)3/h8-15,17-19H,7,16H2,1-6H3,(H,25,27)/t18-,19+/m1/s1. The van der Waals surface area contributed by atoms with E-state index in [0.29, 0.717) is 11.8 Å². The van der Waals surface area contributed by atoms with E-state index in [2.05, 4.69) is 68.2 Å². The molecule has 0 bridgehead atoms. The van der Waals surface area contributed by atoms with E-state index in [0.717, 1.165) is 18.7 Å². The molecule has 0 aromatic heterocycles. The number of hydrogen-bond acceptors (Lipinski definition) is 2. The second-order valence-electron chi connectivity index (χ2n) is 7.87. The average molecular weight is 367 g/mol. The highest BCUT2D eigenvalue weighted by Crippen LogP contribution is 2.26. The minimum atomic E-state index is -0.209. The quantitative estimate of drug-likeness (QED) is 0.642. The van der Waals surface area contributed by atoms with Crippen molar-refractivity contribution in [2.24, 2.45) is 0 Å². The number of para-hydroxylation sites is 1. The first kappa shape index (κ1) is 21.2. The fourth-order valence-electron chi connectivity index (χ4n) is 3.13. The molecule has 0 radical (unpaired) electrons. The van der Waals surface area contributed by atoms with E-state index in [4.69, 9.17) is 0 Å². The molecule has 0 heterocycles. The number of amides is 1. The number of nitrogens with one attached hydrogen (secondary N) is 1. The molecule has 0 saturated heterocycles. The Hall–Kier alpha value is -2.13. The second-order valence-corrected chi connectivity index (χ2v) is 7.87. The van der Waals surface area contributed by atoms with Crippen LogP contribution in [0.25, 0.3) is 0 Å². The summed E-state index contributed by atoms with van der Waals surface area (Å²) in [5.74, 6) is 0.994. The minimum Gasteiger partial charge on any atom is -0.324 e. The molecule has 3 heteroatoms. The van der Waals surface area contributed by atoms with Crippen LogP contribution in [0.5, 0.6) is 0 Å². The van der Waals surface area contributed by atoms with Gasteiger partial charge in [-0.15, -0.1) is 0 Å². The van der Waals surface area contributed by atoms with Gasteiger partial charge < -0.3 is 5.32 Å². The van der Waals surface area contributed by atoms with Crippen molar-refractivity contribution in [1.82, 2.24) is 4.90 Å². The van der Waals surface area contributed by atoms with Gasteiger partial charge in [0.1, 0.15) is 0 Å². The molecule has 2 rings (SSSR count). The first-order valence-electron chi connectivity index (χ1n) is 10.0. The molecule has 1 N–H and O–H groups in total. The zero-order valence-electron chi connectivity index (χ0n) is 17.6. The van der Waals surface area contributed by atoms with Gasteiger partial charge in [0.15, 0.2) is 0 Å². The lowest BCUT2D eigenvalue weighted by Crippen LogP contribution is -2.39. The summed E-state index contributed by atoms with van der Waals surface area (Å²) >= 11 is 0. The molecule has 0 spiro atoms. The summed E-state index contributed by atoms with van der Waals surface area (Å²) in [5, 5.41) is 3.14. The van der Waals surface area contributed by atoms with Crippen LogP contribution in [-0.4, -0.2) is 23.9 Å². The predicted molar refractivity (Wildman–Crippen MR) is 115 cm³/mol. The highest BCUT2D eigenvalue weighted by molar-refractivity contribution is 5.95. The van der Waals surface area contributed by atoms with Crippen molar-refractivity contribution in [2.75, 3.05) is 12.4 Å². The number of nitrogens with zero attached hydrogens (tertiary/aromatic N) is 1. The Morgan fingerprint density at radius 2 is 1.63 bits per heavy atom. The van der Waals surface area contributed by atoms with Crippen LogP contribution in [0.1, 0.15) is 69.6 Å². The van der Waals surface area contributed by atoms with E-state index in [1.54, 1.807) is 0 Å². The fraction of sp³-hybridized carbons (Fsp3) is 0.458. The number of carbonyl (C=O) groups is 1. The van der Waals surface area contributed by atoms with Crippen molar-refractivity contribution in [3.05, 3.63) is 65.2 Å². The number of rotatable bonds is 8. The Labute approximate surface area is 164 Å². The lowest BCUT2D eigenvalue weighted by atomic mass is 9.97. The van der Waals surface area contributed by atoms with E-state index in [9.17, 15) is 4.79 Å². The van der Waals surface area contributed by atoms with Crippen LogP contribution >= 0.6 is 0 Å². The Bertz CT molecular complexity index is 736. The van der Waals surface area contributed by atoms with E-state index in [1.165, 1.54) is 16.7 Å². The normalized spacial score (nSPS) is 13.6. The molecule has 146 valence electrons. The molecule has 27 heavy (non-hydrogen) atoms. The van der Waals surface area contributed by atoms with Crippen molar-refractivity contribution in [1.29, 1.82) is 0 Å². The molecule has 2 atom stereocenters. The maximum absolute atomic E-state index is 12.8. The highest BCUT2D eigenvalue weighted by atomic mass is 16.2. The van der Waals surface area contributed by atoms with Crippen molar-refractivity contribution >= 4 is 11.6 Å². The van der Waals surface area contributed by atoms with Crippen molar-refractivity contribution in [2.45, 2.75) is 65.5 Å². The molecule has 2 aromatic rings. The lowest BCUT2D eigenvalue weighted by Gasteiger charge is -2.25. The van der Waals surface area contributed by atoms with Crippen molar-refractivity contribution < 1.29 is 4.79 Å². The summed E-state index contributed by atoms with van der Waals surface area (Å²) in [4.78, 5) is 14.9. The fourth-order valence-corrected chi connectivity index (χ4v) is 3.13. The molecule has 2 aromatic carbocycles. The maximum Gasteiger partial charge on any atom is 0.241 e. The minimum absolute atomic E-state index is 0.0343. The summed E-state index contributed by atoms with van der Waals surface area (Å²) in [6.45, 7) is 11.5. The Balaban J connectivity index is 2.02. The van der Waals surface area contributed by atoms with Crippen molar-refractivity contribution in [3.63, 3.8) is 0 Å². The highest BCUT2D eigenvalue weighted by Gasteiger charge is 2.20. The SMILES string of the molecule is CC[C@@H](C)c1ccccc1NC(=O)[C@H](C)N(C)Cc1ccc(C(C)C)cc1. The maximum atomic E-state index is 12.8. The average Bonchev–Trinajstić information content (AvgIpc) is 2.67. The van der Waals surface area contributed by atoms with Gasteiger partial charge in [-0.05, 0) is 55.0 Å². The molecule has 0 aliphatic rings. The van der Waals surface area contributed by atoms with Crippen LogP contribution in [0, 0.1) is 0 Å². The van der Waals surface area contributed by atoms with Gasteiger partial charge >= 0.3 is 0 Å².